The number of fused-ring (bicyclic) bond motifs is 1. The Kier molecular flexibility index (Phi) is 10.5. The molecule has 4 aromatic rings. The van der Waals surface area contributed by atoms with Crippen molar-refractivity contribution in [1.29, 1.82) is 0 Å². The van der Waals surface area contributed by atoms with Crippen LogP contribution in [0.15, 0.2) is 91.1 Å². The van der Waals surface area contributed by atoms with Crippen LogP contribution in [0.25, 0.3) is 22.0 Å². The highest BCUT2D eigenvalue weighted by Crippen LogP contribution is 2.45. The highest BCUT2D eigenvalue weighted by atomic mass is 19.1. The Hall–Kier alpha value is -3.96. The van der Waals surface area contributed by atoms with Crippen molar-refractivity contribution in [1.82, 2.24) is 15.6 Å². The van der Waals surface area contributed by atoms with Crippen LogP contribution in [0, 0.1) is 18.7 Å². The minimum Gasteiger partial charge on any atom is -0.359 e. The van der Waals surface area contributed by atoms with Crippen LogP contribution >= 0.6 is 0 Å². The van der Waals surface area contributed by atoms with Gasteiger partial charge in [0.1, 0.15) is 5.82 Å². The monoisotopic (exact) mass is 537 g/mol. The second-order valence-electron chi connectivity index (χ2n) is 10.3. The van der Waals surface area contributed by atoms with E-state index in [4.69, 9.17) is 0 Å². The van der Waals surface area contributed by atoms with Crippen LogP contribution in [0.3, 0.4) is 0 Å². The largest absolute Gasteiger partial charge is 0.359 e. The van der Waals surface area contributed by atoms with Crippen LogP contribution < -0.4 is 10.6 Å². The van der Waals surface area contributed by atoms with E-state index in [1.807, 2.05) is 18.2 Å². The van der Waals surface area contributed by atoms with E-state index in [-0.39, 0.29) is 11.7 Å². The lowest BCUT2D eigenvalue weighted by Crippen LogP contribution is -2.17. The van der Waals surface area contributed by atoms with Gasteiger partial charge in [-0.05, 0) is 78.6 Å². The molecule has 0 atom stereocenters. The number of allylic oxidation sites excluding steroid dienone is 1. The number of carbonyl (C=O) groups excluding carboxylic acids is 1. The van der Waals surface area contributed by atoms with Crippen molar-refractivity contribution < 1.29 is 9.18 Å². The number of H-pyrrole nitrogens is 1. The first kappa shape index (κ1) is 29.0. The van der Waals surface area contributed by atoms with Gasteiger partial charge in [0.2, 0.25) is 5.91 Å². The molecule has 208 valence electrons. The normalized spacial score (nSPS) is 13.9. The zero-order valence-electron chi connectivity index (χ0n) is 23.8. The smallest absolute Gasteiger partial charge is 0.243 e. The van der Waals surface area contributed by atoms with Crippen molar-refractivity contribution >= 4 is 28.0 Å². The number of likely N-dealkylation sites (N-methyl/N-ethyl adjacent to an activating group) is 1. The fourth-order valence-corrected chi connectivity index (χ4v) is 4.95. The highest BCUT2D eigenvalue weighted by molar-refractivity contribution is 6.01. The van der Waals surface area contributed by atoms with Crippen molar-refractivity contribution in [2.45, 2.75) is 39.5 Å². The van der Waals surface area contributed by atoms with E-state index in [1.165, 1.54) is 59.4 Å². The quantitative estimate of drug-likeness (QED) is 0.117. The summed E-state index contributed by atoms with van der Waals surface area (Å²) in [6, 6.07) is 25.5. The van der Waals surface area contributed by atoms with E-state index in [9.17, 15) is 9.18 Å². The third kappa shape index (κ3) is 7.36. The number of amides is 1. The molecule has 0 bridgehead atoms. The van der Waals surface area contributed by atoms with Gasteiger partial charge in [0.15, 0.2) is 0 Å². The van der Waals surface area contributed by atoms with Gasteiger partial charge in [0.25, 0.3) is 0 Å². The standard InChI is InChI=1S/C27H24FN.C8H16N2O/c1-18-10-12-21(13-11-18)27(22-14-15-25-23(16-22)24(28)17-29-25)26(20-8-5-9-20)19-6-3-2-4-7-19;1-3-6-10-7-4-5-8(11)9-2/h2-4,6-7,10-17,20,29H,5,8-9H2,1H3;4-5,10H,3,6-7H2,1-2H3,(H,9,11)/b27-26-;5-4+. The molecule has 40 heavy (non-hydrogen) atoms. The molecule has 1 fully saturated rings. The first-order valence-corrected chi connectivity index (χ1v) is 14.2. The van der Waals surface area contributed by atoms with Gasteiger partial charge in [-0.15, -0.1) is 0 Å². The van der Waals surface area contributed by atoms with Crippen molar-refractivity contribution in [3.05, 3.63) is 119 Å². The number of rotatable bonds is 9. The molecule has 5 heteroatoms. The van der Waals surface area contributed by atoms with E-state index in [0.29, 0.717) is 11.3 Å². The van der Waals surface area contributed by atoms with E-state index >= 15 is 0 Å². The number of hydrogen-bond donors (Lipinski definition) is 3. The third-order valence-corrected chi connectivity index (χ3v) is 7.33. The van der Waals surface area contributed by atoms with Crippen molar-refractivity contribution in [3.8, 4) is 0 Å². The Bertz CT molecular complexity index is 1450. The predicted octanol–water partition coefficient (Wildman–Crippen LogP) is 7.66. The van der Waals surface area contributed by atoms with Gasteiger partial charge < -0.3 is 15.6 Å². The van der Waals surface area contributed by atoms with Crippen LogP contribution in [0.4, 0.5) is 4.39 Å². The molecule has 1 heterocycles. The first-order valence-electron chi connectivity index (χ1n) is 14.2. The fourth-order valence-electron chi connectivity index (χ4n) is 4.95. The summed E-state index contributed by atoms with van der Waals surface area (Å²) in [6.07, 6.45) is 9.59. The van der Waals surface area contributed by atoms with Crippen LogP contribution in [0.5, 0.6) is 0 Å². The summed E-state index contributed by atoms with van der Waals surface area (Å²) >= 11 is 0. The SMILES string of the molecule is CCCNC/C=C/C(=O)NC.Cc1ccc(/C(=C(\c2ccccc2)C2CCC2)c2ccc3[nH]cc(F)c3c2)cc1. The molecule has 4 nitrogen and oxygen atoms in total. The Morgan fingerprint density at radius 3 is 2.38 bits per heavy atom. The second-order valence-corrected chi connectivity index (χ2v) is 10.3. The molecule has 1 amide bonds. The summed E-state index contributed by atoms with van der Waals surface area (Å²) in [5, 5.41) is 6.30. The molecule has 0 saturated heterocycles. The third-order valence-electron chi connectivity index (χ3n) is 7.33. The fraction of sp³-hybridized carbons (Fsp3) is 0.286. The Morgan fingerprint density at radius 1 is 1.00 bits per heavy atom. The number of carbonyl (C=O) groups is 1. The van der Waals surface area contributed by atoms with E-state index < -0.39 is 0 Å². The van der Waals surface area contributed by atoms with Crippen molar-refractivity contribution in [2.75, 3.05) is 20.1 Å². The van der Waals surface area contributed by atoms with Gasteiger partial charge in [-0.1, -0.05) is 85.6 Å². The van der Waals surface area contributed by atoms with E-state index in [2.05, 4.69) is 90.1 Å². The summed E-state index contributed by atoms with van der Waals surface area (Å²) in [7, 11) is 1.62. The summed E-state index contributed by atoms with van der Waals surface area (Å²) in [4.78, 5) is 13.6. The zero-order valence-corrected chi connectivity index (χ0v) is 23.8. The van der Waals surface area contributed by atoms with Crippen LogP contribution in [0.2, 0.25) is 0 Å². The highest BCUT2D eigenvalue weighted by Gasteiger charge is 2.27. The van der Waals surface area contributed by atoms with Gasteiger partial charge >= 0.3 is 0 Å². The number of halogens is 1. The number of aryl methyl sites for hydroxylation is 1. The van der Waals surface area contributed by atoms with Crippen LogP contribution in [-0.2, 0) is 4.79 Å². The lowest BCUT2D eigenvalue weighted by molar-refractivity contribution is -0.116. The maximum absolute atomic E-state index is 14.4. The van der Waals surface area contributed by atoms with Gasteiger partial charge in [-0.25, -0.2) is 4.39 Å². The molecule has 3 aromatic carbocycles. The summed E-state index contributed by atoms with van der Waals surface area (Å²) in [6.45, 7) is 5.98. The van der Waals surface area contributed by atoms with Gasteiger partial charge in [-0.3, -0.25) is 4.79 Å². The Labute approximate surface area is 237 Å². The molecule has 3 N–H and O–H groups in total. The molecule has 0 unspecified atom stereocenters. The maximum Gasteiger partial charge on any atom is 0.243 e. The van der Waals surface area contributed by atoms with E-state index in [0.717, 1.165) is 30.6 Å². The number of hydrogen-bond acceptors (Lipinski definition) is 2. The summed E-state index contributed by atoms with van der Waals surface area (Å²) in [5.41, 5.74) is 8.22. The lowest BCUT2D eigenvalue weighted by Gasteiger charge is -2.31. The molecular formula is C35H40FN3O. The Balaban J connectivity index is 0.000000288. The topological polar surface area (TPSA) is 56.9 Å². The predicted molar refractivity (Wildman–Crippen MR) is 166 cm³/mol. The summed E-state index contributed by atoms with van der Waals surface area (Å²) in [5.74, 6) is 0.291. The molecule has 1 aliphatic rings. The number of nitrogens with one attached hydrogen (secondary N) is 3. The number of aromatic nitrogens is 1. The molecule has 0 spiro atoms. The second kappa shape index (κ2) is 14.4. The van der Waals surface area contributed by atoms with Crippen molar-refractivity contribution in [3.63, 3.8) is 0 Å². The lowest BCUT2D eigenvalue weighted by atomic mass is 9.73. The molecule has 0 radical (unpaired) electrons. The molecule has 5 rings (SSSR count). The van der Waals surface area contributed by atoms with E-state index in [1.54, 1.807) is 7.05 Å². The molecular weight excluding hydrogens is 497 g/mol. The Morgan fingerprint density at radius 2 is 1.73 bits per heavy atom. The zero-order chi connectivity index (χ0) is 28.3. The minimum absolute atomic E-state index is 0.0525. The molecule has 1 aromatic heterocycles. The van der Waals surface area contributed by atoms with Gasteiger partial charge in [-0.2, -0.15) is 0 Å². The molecule has 1 aliphatic carbocycles. The molecule has 0 aliphatic heterocycles. The average molecular weight is 538 g/mol. The maximum atomic E-state index is 14.4. The molecule has 1 saturated carbocycles. The first-order chi connectivity index (χ1) is 19.5. The van der Waals surface area contributed by atoms with Gasteiger partial charge in [0.05, 0.1) is 0 Å². The average Bonchev–Trinajstić information content (AvgIpc) is 3.33. The number of benzene rings is 3. The van der Waals surface area contributed by atoms with Crippen LogP contribution in [-0.4, -0.2) is 31.0 Å². The van der Waals surface area contributed by atoms with Crippen molar-refractivity contribution in [2.24, 2.45) is 5.92 Å². The number of aromatic amines is 1. The van der Waals surface area contributed by atoms with Crippen LogP contribution in [0.1, 0.15) is 54.9 Å². The minimum atomic E-state index is -0.199. The van der Waals surface area contributed by atoms with Gasteiger partial charge in [0, 0.05) is 36.8 Å². The summed E-state index contributed by atoms with van der Waals surface area (Å²) < 4.78 is 14.4.